The van der Waals surface area contributed by atoms with Crippen molar-refractivity contribution >= 4 is 0 Å². The van der Waals surface area contributed by atoms with Crippen molar-refractivity contribution in [1.29, 1.82) is 0 Å². The number of allylic oxidation sites excluding steroid dienone is 2. The Kier molecular flexibility index (Phi) is 10.9. The monoisotopic (exact) mass is 354 g/mol. The topological polar surface area (TPSA) is 69.9 Å². The summed E-state index contributed by atoms with van der Waals surface area (Å²) in [7, 11) is 1.73. The molecule has 0 aromatic rings. The van der Waals surface area contributed by atoms with Gasteiger partial charge in [0.15, 0.2) is 5.76 Å². The van der Waals surface area contributed by atoms with Crippen LogP contribution in [0.15, 0.2) is 23.7 Å². The maximum absolute atomic E-state index is 10.7. The van der Waals surface area contributed by atoms with Crippen LogP contribution in [0.3, 0.4) is 0 Å². The highest BCUT2D eigenvalue weighted by Crippen LogP contribution is 2.44. The number of hydrogen-bond donors (Lipinski definition) is 3. The number of ether oxygens (including phenoxy) is 1. The Morgan fingerprint density at radius 1 is 1.08 bits per heavy atom. The Labute approximate surface area is 153 Å². The van der Waals surface area contributed by atoms with Crippen molar-refractivity contribution in [1.82, 2.24) is 0 Å². The van der Waals surface area contributed by atoms with Crippen molar-refractivity contribution in [3.8, 4) is 0 Å². The van der Waals surface area contributed by atoms with E-state index in [0.717, 1.165) is 77.0 Å². The Bertz CT molecular complexity index is 408. The van der Waals surface area contributed by atoms with Crippen LogP contribution in [-0.4, -0.2) is 34.6 Å². The Morgan fingerprint density at radius 2 is 1.76 bits per heavy atom. The van der Waals surface area contributed by atoms with Crippen LogP contribution in [-0.2, 0) is 4.74 Å². The van der Waals surface area contributed by atoms with E-state index >= 15 is 0 Å². The van der Waals surface area contributed by atoms with Gasteiger partial charge in [0.05, 0.1) is 5.60 Å². The fraction of sp³-hybridized carbons (Fsp3) is 0.810. The van der Waals surface area contributed by atoms with Gasteiger partial charge in [0, 0.05) is 19.6 Å². The molecule has 4 nitrogen and oxygen atoms in total. The third-order valence-electron chi connectivity index (χ3n) is 5.48. The number of unbranched alkanes of at least 4 members (excludes halogenated alkanes) is 5. The second-order valence-electron chi connectivity index (χ2n) is 7.27. The standard InChI is InChI=1S/C21H38O4/c1-3-4-13-18(21(25-2)15-10-11-16-21)20(24)19(23)14-9-7-5-6-8-12-17-22/h9,14,18,22-24H,3-8,10-13,15-17H2,1-2H3/b14-9+,20-19?/t18-/m1/s1. The molecule has 4 heteroatoms. The fourth-order valence-corrected chi connectivity index (χ4v) is 3.91. The molecule has 0 aliphatic heterocycles. The summed E-state index contributed by atoms with van der Waals surface area (Å²) in [6.45, 7) is 2.40. The van der Waals surface area contributed by atoms with Gasteiger partial charge in [0.2, 0.25) is 0 Å². The SMILES string of the molecule is CCCC[C@H](C(O)=C(O)/C=C/CCCCCCO)C1(OC)CCCC1. The van der Waals surface area contributed by atoms with E-state index in [4.69, 9.17) is 9.84 Å². The minimum absolute atomic E-state index is 0.0141. The molecular formula is C21H38O4. The van der Waals surface area contributed by atoms with E-state index < -0.39 is 0 Å². The normalized spacial score (nSPS) is 19.3. The lowest BCUT2D eigenvalue weighted by Gasteiger charge is -2.36. The molecule has 0 spiro atoms. The van der Waals surface area contributed by atoms with E-state index in [9.17, 15) is 10.2 Å². The fourth-order valence-electron chi connectivity index (χ4n) is 3.91. The van der Waals surface area contributed by atoms with Gasteiger partial charge in [-0.15, -0.1) is 0 Å². The molecule has 0 heterocycles. The molecular weight excluding hydrogens is 316 g/mol. The van der Waals surface area contributed by atoms with Crippen LogP contribution in [0.25, 0.3) is 0 Å². The minimum atomic E-state index is -0.328. The van der Waals surface area contributed by atoms with Crippen LogP contribution < -0.4 is 0 Å². The van der Waals surface area contributed by atoms with Crippen molar-refractivity contribution in [2.45, 2.75) is 89.6 Å². The van der Waals surface area contributed by atoms with Gasteiger partial charge < -0.3 is 20.1 Å². The van der Waals surface area contributed by atoms with Gasteiger partial charge in [0.1, 0.15) is 5.76 Å². The summed E-state index contributed by atoms with van der Waals surface area (Å²) >= 11 is 0. The van der Waals surface area contributed by atoms with E-state index in [1.807, 2.05) is 6.08 Å². The van der Waals surface area contributed by atoms with E-state index in [1.54, 1.807) is 13.2 Å². The average Bonchev–Trinajstić information content (AvgIpc) is 3.11. The molecule has 0 bridgehead atoms. The van der Waals surface area contributed by atoms with Gasteiger partial charge in [-0.3, -0.25) is 0 Å². The van der Waals surface area contributed by atoms with E-state index in [-0.39, 0.29) is 29.6 Å². The summed E-state index contributed by atoms with van der Waals surface area (Å²) in [5.41, 5.74) is -0.328. The smallest absolute Gasteiger partial charge is 0.153 e. The number of hydrogen-bond acceptors (Lipinski definition) is 4. The molecule has 1 saturated carbocycles. The number of aliphatic hydroxyl groups is 3. The van der Waals surface area contributed by atoms with E-state index in [0.29, 0.717) is 0 Å². The summed E-state index contributed by atoms with van der Waals surface area (Å²) in [6.07, 6.45) is 15.5. The van der Waals surface area contributed by atoms with Crippen molar-refractivity contribution < 1.29 is 20.1 Å². The summed E-state index contributed by atoms with van der Waals surface area (Å²) in [6, 6.07) is 0. The van der Waals surface area contributed by atoms with Gasteiger partial charge in [0.25, 0.3) is 0 Å². The lowest BCUT2D eigenvalue weighted by molar-refractivity contribution is -0.0569. The lowest BCUT2D eigenvalue weighted by atomic mass is 9.80. The predicted molar refractivity (Wildman–Crippen MR) is 103 cm³/mol. The van der Waals surface area contributed by atoms with Gasteiger partial charge >= 0.3 is 0 Å². The van der Waals surface area contributed by atoms with Crippen molar-refractivity contribution in [3.63, 3.8) is 0 Å². The van der Waals surface area contributed by atoms with Crippen molar-refractivity contribution in [2.75, 3.05) is 13.7 Å². The molecule has 3 N–H and O–H groups in total. The number of aliphatic hydroxyl groups excluding tert-OH is 3. The maximum atomic E-state index is 10.7. The van der Waals surface area contributed by atoms with Crippen LogP contribution in [0.1, 0.15) is 84.0 Å². The highest BCUT2D eigenvalue weighted by atomic mass is 16.5. The first kappa shape index (κ1) is 22.0. The van der Waals surface area contributed by atoms with Crippen LogP contribution in [0, 0.1) is 5.92 Å². The molecule has 0 unspecified atom stereocenters. The zero-order chi connectivity index (χ0) is 18.5. The van der Waals surface area contributed by atoms with Crippen LogP contribution in [0.2, 0.25) is 0 Å². The molecule has 0 radical (unpaired) electrons. The molecule has 1 aliphatic carbocycles. The highest BCUT2D eigenvalue weighted by molar-refractivity contribution is 5.19. The second kappa shape index (κ2) is 12.4. The molecule has 0 amide bonds. The summed E-state index contributed by atoms with van der Waals surface area (Å²) in [4.78, 5) is 0. The van der Waals surface area contributed by atoms with Crippen LogP contribution >= 0.6 is 0 Å². The number of methoxy groups -OCH3 is 1. The molecule has 1 fully saturated rings. The first-order valence-corrected chi connectivity index (χ1v) is 10.1. The van der Waals surface area contributed by atoms with Gasteiger partial charge in [-0.1, -0.05) is 51.5 Å². The predicted octanol–water partition coefficient (Wildman–Crippen LogP) is 5.58. The van der Waals surface area contributed by atoms with Crippen molar-refractivity contribution in [2.24, 2.45) is 5.92 Å². The third kappa shape index (κ3) is 7.02. The molecule has 25 heavy (non-hydrogen) atoms. The number of rotatable bonds is 13. The summed E-state index contributed by atoms with van der Waals surface area (Å²) < 4.78 is 5.86. The molecule has 146 valence electrons. The molecule has 0 saturated heterocycles. The quantitative estimate of drug-likeness (QED) is 0.229. The Balaban J connectivity index is 2.70. The summed E-state index contributed by atoms with van der Waals surface area (Å²) in [5, 5.41) is 29.8. The highest BCUT2D eigenvalue weighted by Gasteiger charge is 2.44. The second-order valence-corrected chi connectivity index (χ2v) is 7.27. The Morgan fingerprint density at radius 3 is 2.36 bits per heavy atom. The van der Waals surface area contributed by atoms with E-state index in [1.165, 1.54) is 0 Å². The molecule has 0 aromatic heterocycles. The molecule has 1 rings (SSSR count). The van der Waals surface area contributed by atoms with Crippen LogP contribution in [0.5, 0.6) is 0 Å². The van der Waals surface area contributed by atoms with Crippen LogP contribution in [0.4, 0.5) is 0 Å². The van der Waals surface area contributed by atoms with Gasteiger partial charge in [-0.2, -0.15) is 0 Å². The zero-order valence-corrected chi connectivity index (χ0v) is 16.2. The van der Waals surface area contributed by atoms with Gasteiger partial charge in [-0.25, -0.2) is 0 Å². The first-order chi connectivity index (χ1) is 12.1. The largest absolute Gasteiger partial charge is 0.508 e. The molecule has 0 aromatic carbocycles. The Hall–Kier alpha value is -1.00. The average molecular weight is 355 g/mol. The molecule has 1 atom stereocenters. The summed E-state index contributed by atoms with van der Waals surface area (Å²) in [5.74, 6) is -0.0531. The maximum Gasteiger partial charge on any atom is 0.153 e. The van der Waals surface area contributed by atoms with Gasteiger partial charge in [-0.05, 0) is 44.6 Å². The minimum Gasteiger partial charge on any atom is -0.508 e. The third-order valence-corrected chi connectivity index (χ3v) is 5.48. The lowest BCUT2D eigenvalue weighted by Crippen LogP contribution is -2.38. The van der Waals surface area contributed by atoms with E-state index in [2.05, 4.69) is 6.92 Å². The first-order valence-electron chi connectivity index (χ1n) is 10.1. The van der Waals surface area contributed by atoms with Crippen molar-refractivity contribution in [3.05, 3.63) is 23.7 Å². The molecule has 1 aliphatic rings. The zero-order valence-electron chi connectivity index (χ0n) is 16.2.